The maximum absolute atomic E-state index is 14.1. The average molecular weight is 729 g/mol. The molecule has 2 spiro atoms. The van der Waals surface area contributed by atoms with Gasteiger partial charge in [-0.05, 0) is 99.9 Å². The van der Waals surface area contributed by atoms with E-state index in [1.165, 1.54) is 6.08 Å². The van der Waals surface area contributed by atoms with Gasteiger partial charge in [0.2, 0.25) is 11.9 Å². The van der Waals surface area contributed by atoms with E-state index >= 15 is 0 Å². The first kappa shape index (κ1) is 34.4. The van der Waals surface area contributed by atoms with Gasteiger partial charge in [-0.1, -0.05) is 19.6 Å². The summed E-state index contributed by atoms with van der Waals surface area (Å²) in [6.07, 6.45) is 4.49. The zero-order chi connectivity index (χ0) is 36.9. The molecule has 0 bridgehead atoms. The maximum atomic E-state index is 14.1. The molecule has 13 heteroatoms. The number of benzene rings is 2. The zero-order valence-corrected chi connectivity index (χ0v) is 30.7. The number of likely N-dealkylation sites (tertiary alicyclic amines) is 1. The fourth-order valence-corrected chi connectivity index (χ4v) is 9.57. The van der Waals surface area contributed by atoms with Crippen molar-refractivity contribution in [2.24, 2.45) is 10.8 Å². The van der Waals surface area contributed by atoms with Crippen LogP contribution < -0.4 is 14.5 Å². The highest BCUT2D eigenvalue weighted by molar-refractivity contribution is 6.06. The van der Waals surface area contributed by atoms with Crippen molar-refractivity contribution in [1.82, 2.24) is 30.0 Å². The second-order valence-corrected chi connectivity index (χ2v) is 16.6. The Hall–Kier alpha value is -4.39. The van der Waals surface area contributed by atoms with Crippen LogP contribution in [0.3, 0.4) is 0 Å². The van der Waals surface area contributed by atoms with Gasteiger partial charge in [0.1, 0.15) is 11.3 Å². The van der Waals surface area contributed by atoms with Gasteiger partial charge in [-0.15, -0.1) is 0 Å². The molecule has 2 aromatic heterocycles. The Morgan fingerprint density at radius 2 is 1.79 bits per heavy atom. The normalized spacial score (nSPS) is 21.0. The molecule has 10 nitrogen and oxygen atoms in total. The van der Waals surface area contributed by atoms with Gasteiger partial charge in [-0.2, -0.15) is 23.3 Å². The van der Waals surface area contributed by atoms with E-state index in [0.717, 1.165) is 123 Å². The number of hydrogen-bond donors (Lipinski definition) is 1. The third-order valence-corrected chi connectivity index (χ3v) is 12.9. The van der Waals surface area contributed by atoms with Crippen molar-refractivity contribution >= 4 is 39.5 Å². The lowest BCUT2D eigenvalue weighted by molar-refractivity contribution is -0.153. The number of anilines is 2. The summed E-state index contributed by atoms with van der Waals surface area (Å²) in [5.41, 5.74) is 4.90. The van der Waals surface area contributed by atoms with Crippen molar-refractivity contribution in [1.29, 1.82) is 0 Å². The minimum Gasteiger partial charge on any atom is -0.481 e. The molecule has 5 heterocycles. The van der Waals surface area contributed by atoms with Gasteiger partial charge in [0.05, 0.1) is 11.7 Å². The molecular formula is C40H47F3N8O2. The number of aromatic nitrogens is 4. The van der Waals surface area contributed by atoms with E-state index in [2.05, 4.69) is 51.5 Å². The maximum Gasteiger partial charge on any atom is 0.422 e. The standard InChI is InChI=1S/C40H47F3N8O2/c1-5-31(52)50-19-38(20-50)11-13-49(14-12-38)36-28-15-27(25-8-9-25)33(32-24(3)7-10-30-29(32)18-44-47-30)35(53-23-40(41,42)43)34(28)45-37(46-36)51-21-39(22-51)16-26(17-39)48(4)6-2/h5,7,10,15,18,25-26H,1,6,8-9,11-14,16-17,19-23H2,2-4H3,(H,44,47). The first-order valence-electron chi connectivity index (χ1n) is 19.0. The van der Waals surface area contributed by atoms with E-state index in [-0.39, 0.29) is 28.4 Å². The van der Waals surface area contributed by atoms with Crippen LogP contribution in [0.4, 0.5) is 24.9 Å². The first-order chi connectivity index (χ1) is 25.4. The van der Waals surface area contributed by atoms with Crippen LogP contribution in [0.15, 0.2) is 37.1 Å². The van der Waals surface area contributed by atoms with Gasteiger partial charge in [0.15, 0.2) is 12.4 Å². The summed E-state index contributed by atoms with van der Waals surface area (Å²) in [6, 6.07) is 6.65. The third-order valence-electron chi connectivity index (χ3n) is 12.9. The smallest absolute Gasteiger partial charge is 0.422 e. The van der Waals surface area contributed by atoms with Gasteiger partial charge in [0.25, 0.3) is 0 Å². The lowest BCUT2D eigenvalue weighted by Gasteiger charge is -2.60. The zero-order valence-electron chi connectivity index (χ0n) is 30.7. The Balaban J connectivity index is 1.17. The molecule has 1 N–H and O–H groups in total. The van der Waals surface area contributed by atoms with Crippen LogP contribution in [0.25, 0.3) is 32.9 Å². The quantitative estimate of drug-likeness (QED) is 0.188. The molecule has 53 heavy (non-hydrogen) atoms. The summed E-state index contributed by atoms with van der Waals surface area (Å²) in [4.78, 5) is 31.4. The van der Waals surface area contributed by atoms with Crippen molar-refractivity contribution in [2.45, 2.75) is 70.5 Å². The molecule has 4 aromatic rings. The second kappa shape index (κ2) is 12.3. The number of nitrogens with one attached hydrogen (secondary N) is 1. The summed E-state index contributed by atoms with van der Waals surface area (Å²) in [5, 5.41) is 8.92. The van der Waals surface area contributed by atoms with Gasteiger partial charge in [-0.25, -0.2) is 4.98 Å². The van der Waals surface area contributed by atoms with E-state index in [1.807, 2.05) is 24.0 Å². The van der Waals surface area contributed by atoms with Crippen molar-refractivity contribution < 1.29 is 22.7 Å². The van der Waals surface area contributed by atoms with Crippen LogP contribution in [-0.2, 0) is 4.79 Å². The average Bonchev–Trinajstić information content (AvgIpc) is 3.83. The molecule has 3 aliphatic heterocycles. The highest BCUT2D eigenvalue weighted by Crippen LogP contribution is 2.55. The number of carbonyl (C=O) groups excluding carboxylic acids is 1. The van der Waals surface area contributed by atoms with Gasteiger partial charge < -0.3 is 24.3 Å². The van der Waals surface area contributed by atoms with Crippen molar-refractivity contribution in [3.8, 4) is 16.9 Å². The Morgan fingerprint density at radius 1 is 1.06 bits per heavy atom. The van der Waals surface area contributed by atoms with Crippen LogP contribution in [0.5, 0.6) is 5.75 Å². The number of ether oxygens (including phenoxy) is 1. The number of nitrogens with zero attached hydrogens (tertiary/aromatic N) is 7. The van der Waals surface area contributed by atoms with Gasteiger partial charge in [0, 0.05) is 72.5 Å². The van der Waals surface area contributed by atoms with Crippen LogP contribution in [0, 0.1) is 17.8 Å². The number of amides is 1. The summed E-state index contributed by atoms with van der Waals surface area (Å²) in [6.45, 7) is 11.9. The molecule has 5 fully saturated rings. The number of piperidine rings is 1. The molecule has 2 aliphatic carbocycles. The van der Waals surface area contributed by atoms with Crippen LogP contribution in [-0.4, -0.2) is 108 Å². The van der Waals surface area contributed by atoms with Crippen molar-refractivity contribution in [3.05, 3.63) is 48.2 Å². The number of alkyl halides is 3. The SMILES string of the molecule is C=CC(=O)N1CC2(CCN(c3nc(N4CC5(CC(N(C)CC)C5)C4)nc4c(OCC(F)(F)F)c(-c5c(C)ccc6[nH]ncc56)c(C5CC5)cc34)CC2)C1. The summed E-state index contributed by atoms with van der Waals surface area (Å²) < 4.78 is 48.3. The fraction of sp³-hybridized carbons (Fsp3) is 0.550. The number of carbonyl (C=O) groups is 1. The lowest BCUT2D eigenvalue weighted by Crippen LogP contribution is -2.66. The Bertz CT molecular complexity index is 2100. The van der Waals surface area contributed by atoms with Gasteiger partial charge in [-0.3, -0.25) is 9.89 Å². The molecule has 5 aliphatic rings. The number of aryl methyl sites for hydroxylation is 1. The molecule has 9 rings (SSSR count). The van der Waals surface area contributed by atoms with Crippen molar-refractivity contribution in [2.75, 3.05) is 69.3 Å². The van der Waals surface area contributed by atoms with Crippen LogP contribution in [0.1, 0.15) is 62.5 Å². The molecule has 3 saturated heterocycles. The number of H-pyrrole nitrogens is 1. The molecule has 280 valence electrons. The van der Waals surface area contributed by atoms with E-state index < -0.39 is 12.8 Å². The third kappa shape index (κ3) is 5.90. The van der Waals surface area contributed by atoms with Crippen molar-refractivity contribution in [3.63, 3.8) is 0 Å². The highest BCUT2D eigenvalue weighted by atomic mass is 19.4. The predicted octanol–water partition coefficient (Wildman–Crippen LogP) is 6.84. The molecule has 2 aromatic carbocycles. The van der Waals surface area contributed by atoms with E-state index in [9.17, 15) is 18.0 Å². The molecule has 0 unspecified atom stereocenters. The molecule has 0 radical (unpaired) electrons. The monoisotopic (exact) mass is 728 g/mol. The van der Waals surface area contributed by atoms with E-state index in [1.54, 1.807) is 6.20 Å². The van der Waals surface area contributed by atoms with E-state index in [4.69, 9.17) is 14.7 Å². The fourth-order valence-electron chi connectivity index (χ4n) is 9.57. The van der Waals surface area contributed by atoms with Gasteiger partial charge >= 0.3 is 6.18 Å². The number of halogens is 3. The van der Waals surface area contributed by atoms with Crippen LogP contribution >= 0.6 is 0 Å². The summed E-state index contributed by atoms with van der Waals surface area (Å²) in [5.74, 6) is 1.61. The summed E-state index contributed by atoms with van der Waals surface area (Å²) in [7, 11) is 2.18. The number of fused-ring (bicyclic) bond motifs is 2. The Kier molecular flexibility index (Phi) is 8.00. The minimum absolute atomic E-state index is 0.0351. The summed E-state index contributed by atoms with van der Waals surface area (Å²) >= 11 is 0. The lowest BCUT2D eigenvalue weighted by atomic mass is 9.60. The Morgan fingerprint density at radius 3 is 2.45 bits per heavy atom. The first-order valence-corrected chi connectivity index (χ1v) is 19.0. The molecule has 0 atom stereocenters. The number of aromatic amines is 1. The number of hydrogen-bond acceptors (Lipinski definition) is 8. The largest absolute Gasteiger partial charge is 0.481 e. The topological polar surface area (TPSA) is 93.7 Å². The number of rotatable bonds is 9. The Labute approximate surface area is 307 Å². The predicted molar refractivity (Wildman–Crippen MR) is 200 cm³/mol. The second-order valence-electron chi connectivity index (χ2n) is 16.6. The van der Waals surface area contributed by atoms with Crippen LogP contribution in [0.2, 0.25) is 0 Å². The molecule has 1 amide bonds. The molecule has 2 saturated carbocycles. The molecular weight excluding hydrogens is 681 g/mol. The minimum atomic E-state index is -4.55. The highest BCUT2D eigenvalue weighted by Gasteiger charge is 2.54. The van der Waals surface area contributed by atoms with E-state index in [0.29, 0.717) is 23.1 Å².